The molecule has 0 spiro atoms. The standard InChI is InChI=1S/C4H2Br4F2/c5-3(6)1(9)4(7,8)2(3)10/h1-2H. The summed E-state index contributed by atoms with van der Waals surface area (Å²) in [6, 6.07) is 0. The Hall–Kier alpha value is 1.78. The smallest absolute Gasteiger partial charge is 0.156 e. The van der Waals surface area contributed by atoms with Crippen molar-refractivity contribution in [3.05, 3.63) is 0 Å². The Labute approximate surface area is 90.6 Å². The maximum absolute atomic E-state index is 12.9. The van der Waals surface area contributed by atoms with Crippen LogP contribution >= 0.6 is 63.7 Å². The molecule has 0 saturated heterocycles. The third kappa shape index (κ3) is 1.13. The minimum Gasteiger partial charge on any atom is -0.242 e. The fraction of sp³-hybridized carbons (Fsp3) is 1.00. The Balaban J connectivity index is 2.78. The summed E-state index contributed by atoms with van der Waals surface area (Å²) in [6.45, 7) is 0. The normalized spacial score (nSPS) is 42.6. The first-order valence-corrected chi connectivity index (χ1v) is 5.52. The second-order valence-electron chi connectivity index (χ2n) is 2.07. The van der Waals surface area contributed by atoms with E-state index in [1.54, 1.807) is 0 Å². The fourth-order valence-corrected chi connectivity index (χ4v) is 6.02. The minimum absolute atomic E-state index is 1.23. The molecule has 10 heavy (non-hydrogen) atoms. The van der Waals surface area contributed by atoms with Gasteiger partial charge in [0.25, 0.3) is 0 Å². The highest BCUT2D eigenvalue weighted by atomic mass is 79.9. The van der Waals surface area contributed by atoms with E-state index in [-0.39, 0.29) is 0 Å². The first kappa shape index (κ1) is 9.86. The van der Waals surface area contributed by atoms with Crippen molar-refractivity contribution >= 4 is 63.7 Å². The zero-order valence-electron chi connectivity index (χ0n) is 4.42. The molecule has 0 unspecified atom stereocenters. The highest BCUT2D eigenvalue weighted by Crippen LogP contribution is 2.62. The minimum atomic E-state index is -1.34. The first-order chi connectivity index (χ1) is 4.31. The number of halogens is 6. The van der Waals surface area contributed by atoms with Gasteiger partial charge in [0.05, 0.1) is 0 Å². The maximum Gasteiger partial charge on any atom is 0.156 e. The third-order valence-electron chi connectivity index (χ3n) is 1.35. The van der Waals surface area contributed by atoms with Crippen LogP contribution in [0.2, 0.25) is 0 Å². The van der Waals surface area contributed by atoms with Crippen molar-refractivity contribution in [1.82, 2.24) is 0 Å². The molecule has 0 aromatic carbocycles. The summed E-state index contributed by atoms with van der Waals surface area (Å²) in [5.41, 5.74) is 0. The van der Waals surface area contributed by atoms with E-state index in [0.717, 1.165) is 0 Å². The lowest BCUT2D eigenvalue weighted by atomic mass is 9.94. The van der Waals surface area contributed by atoms with Crippen molar-refractivity contribution in [2.24, 2.45) is 0 Å². The van der Waals surface area contributed by atoms with Crippen molar-refractivity contribution in [1.29, 1.82) is 0 Å². The molecule has 0 aliphatic heterocycles. The average molecular weight is 408 g/mol. The van der Waals surface area contributed by atoms with E-state index >= 15 is 0 Å². The molecule has 0 radical (unpaired) electrons. The van der Waals surface area contributed by atoms with Gasteiger partial charge in [0.15, 0.2) is 12.3 Å². The SMILES string of the molecule is FC1C(Br)(Br)C(F)C1(Br)Br. The summed E-state index contributed by atoms with van der Waals surface area (Å²) in [4.78, 5) is 0. The number of rotatable bonds is 0. The van der Waals surface area contributed by atoms with Crippen LogP contribution in [0.4, 0.5) is 8.78 Å². The van der Waals surface area contributed by atoms with Gasteiger partial charge in [-0.2, -0.15) is 0 Å². The van der Waals surface area contributed by atoms with Crippen LogP contribution in [0.1, 0.15) is 0 Å². The second kappa shape index (κ2) is 2.64. The van der Waals surface area contributed by atoms with Crippen molar-refractivity contribution in [2.45, 2.75) is 18.8 Å². The summed E-state index contributed by atoms with van der Waals surface area (Å²) in [5, 5.41) is 0. The van der Waals surface area contributed by atoms with E-state index in [0.29, 0.717) is 0 Å². The number of alkyl halides is 6. The van der Waals surface area contributed by atoms with Crippen LogP contribution in [0.5, 0.6) is 0 Å². The predicted octanol–water partition coefficient (Wildman–Crippen LogP) is 3.65. The molecule has 0 atom stereocenters. The summed E-state index contributed by atoms with van der Waals surface area (Å²) in [6.07, 6.45) is -2.68. The van der Waals surface area contributed by atoms with Gasteiger partial charge in [-0.05, 0) is 0 Å². The average Bonchev–Trinajstić information content (AvgIpc) is 1.84. The molecular weight excluding hydrogens is 406 g/mol. The van der Waals surface area contributed by atoms with Crippen LogP contribution in [0.3, 0.4) is 0 Å². The van der Waals surface area contributed by atoms with Crippen LogP contribution < -0.4 is 0 Å². The number of hydrogen-bond donors (Lipinski definition) is 0. The van der Waals surface area contributed by atoms with Gasteiger partial charge in [-0.3, -0.25) is 0 Å². The van der Waals surface area contributed by atoms with Gasteiger partial charge < -0.3 is 0 Å². The van der Waals surface area contributed by atoms with Crippen LogP contribution in [0.15, 0.2) is 0 Å². The molecule has 6 heteroatoms. The van der Waals surface area contributed by atoms with Crippen molar-refractivity contribution in [3.63, 3.8) is 0 Å². The summed E-state index contributed by atoms with van der Waals surface area (Å²) in [7, 11) is 0. The van der Waals surface area contributed by atoms with Gasteiger partial charge in [0, 0.05) is 0 Å². The van der Waals surface area contributed by atoms with E-state index in [4.69, 9.17) is 0 Å². The second-order valence-corrected chi connectivity index (χ2v) is 9.45. The molecule has 0 nitrogen and oxygen atoms in total. The van der Waals surface area contributed by atoms with Crippen LogP contribution in [0, 0.1) is 0 Å². The molecule has 0 bridgehead atoms. The summed E-state index contributed by atoms with van der Waals surface area (Å²) in [5.74, 6) is 0. The molecule has 1 aliphatic rings. The van der Waals surface area contributed by atoms with E-state index in [1.807, 2.05) is 0 Å². The molecule has 0 heterocycles. The van der Waals surface area contributed by atoms with Gasteiger partial charge in [-0.1, -0.05) is 63.7 Å². The largest absolute Gasteiger partial charge is 0.242 e. The molecule has 1 saturated carbocycles. The molecule has 60 valence electrons. The molecule has 0 aromatic heterocycles. The fourth-order valence-electron chi connectivity index (χ4n) is 0.674. The van der Waals surface area contributed by atoms with E-state index in [9.17, 15) is 8.78 Å². The van der Waals surface area contributed by atoms with Crippen molar-refractivity contribution in [2.75, 3.05) is 0 Å². The third-order valence-corrected chi connectivity index (χ3v) is 4.57. The topological polar surface area (TPSA) is 0 Å². The van der Waals surface area contributed by atoms with Crippen LogP contribution in [-0.4, -0.2) is 18.8 Å². The first-order valence-electron chi connectivity index (χ1n) is 2.35. The Morgan fingerprint density at radius 3 is 1.10 bits per heavy atom. The Morgan fingerprint density at radius 1 is 0.800 bits per heavy atom. The van der Waals surface area contributed by atoms with E-state index in [1.165, 1.54) is 0 Å². The lowest BCUT2D eigenvalue weighted by Crippen LogP contribution is -2.66. The van der Waals surface area contributed by atoms with Gasteiger partial charge in [-0.15, -0.1) is 0 Å². The predicted molar refractivity (Wildman–Crippen MR) is 51.0 cm³/mol. The molecular formula is C4H2Br4F2. The van der Waals surface area contributed by atoms with Gasteiger partial charge >= 0.3 is 0 Å². The Morgan fingerprint density at radius 2 is 1.00 bits per heavy atom. The zero-order chi connectivity index (χ0) is 8.15. The van der Waals surface area contributed by atoms with E-state index in [2.05, 4.69) is 63.7 Å². The highest BCUT2D eigenvalue weighted by Gasteiger charge is 2.70. The maximum atomic E-state index is 12.9. The molecule has 1 fully saturated rings. The van der Waals surface area contributed by atoms with Crippen molar-refractivity contribution in [3.8, 4) is 0 Å². The summed E-state index contributed by atoms with van der Waals surface area (Å²) < 4.78 is 23.3. The molecule has 0 N–H and O–H groups in total. The highest BCUT2D eigenvalue weighted by molar-refractivity contribution is 9.27. The molecule has 1 aliphatic carbocycles. The van der Waals surface area contributed by atoms with Gasteiger partial charge in [0.2, 0.25) is 0 Å². The molecule has 0 aromatic rings. The van der Waals surface area contributed by atoms with E-state index < -0.39 is 18.8 Å². The Bertz CT molecular complexity index is 127. The summed E-state index contributed by atoms with van der Waals surface area (Å²) >= 11 is 11.5. The van der Waals surface area contributed by atoms with Gasteiger partial charge in [0.1, 0.15) is 6.47 Å². The zero-order valence-corrected chi connectivity index (χ0v) is 10.8. The van der Waals surface area contributed by atoms with Crippen molar-refractivity contribution < 1.29 is 8.78 Å². The molecule has 0 amide bonds. The van der Waals surface area contributed by atoms with Crippen LogP contribution in [0.25, 0.3) is 0 Å². The number of hydrogen-bond acceptors (Lipinski definition) is 0. The Kier molecular flexibility index (Phi) is 2.60. The lowest BCUT2D eigenvalue weighted by Gasteiger charge is -2.49. The molecule has 1 rings (SSSR count). The lowest BCUT2D eigenvalue weighted by molar-refractivity contribution is 0.0922. The van der Waals surface area contributed by atoms with Gasteiger partial charge in [-0.25, -0.2) is 8.78 Å². The quantitative estimate of drug-likeness (QED) is 0.538. The monoisotopic (exact) mass is 404 g/mol. The van der Waals surface area contributed by atoms with Crippen LogP contribution in [-0.2, 0) is 0 Å².